The Hall–Kier alpha value is -3.23. The molecular formula is C19H14ClN3O2. The number of nitrogens with one attached hydrogen (secondary N) is 2. The van der Waals surface area contributed by atoms with E-state index in [2.05, 4.69) is 27.4 Å². The molecule has 0 aliphatic heterocycles. The van der Waals surface area contributed by atoms with Gasteiger partial charge >= 0.3 is 0 Å². The Bertz CT molecular complexity index is 982. The lowest BCUT2D eigenvalue weighted by atomic mass is 10.1. The van der Waals surface area contributed by atoms with E-state index >= 15 is 0 Å². The second-order valence-corrected chi connectivity index (χ2v) is 5.75. The van der Waals surface area contributed by atoms with Crippen LogP contribution >= 0.6 is 11.6 Å². The van der Waals surface area contributed by atoms with Crippen LogP contribution in [0.4, 0.5) is 5.69 Å². The molecule has 0 radical (unpaired) electrons. The smallest absolute Gasteiger partial charge is 0.221 e. The van der Waals surface area contributed by atoms with Gasteiger partial charge in [-0.05, 0) is 42.5 Å². The number of carbonyl (C=O) groups excluding carboxylic acids is 1. The molecule has 1 heterocycles. The zero-order valence-electron chi connectivity index (χ0n) is 13.3. The van der Waals surface area contributed by atoms with Crippen molar-refractivity contribution in [1.82, 2.24) is 10.2 Å². The first-order valence-corrected chi connectivity index (χ1v) is 7.83. The normalized spacial score (nSPS) is 10.0. The maximum Gasteiger partial charge on any atom is 0.221 e. The van der Waals surface area contributed by atoms with E-state index in [1.165, 1.54) is 13.0 Å². The molecule has 0 aliphatic carbocycles. The number of hydrogen-bond donors (Lipinski definition) is 3. The maximum atomic E-state index is 11.0. The molecule has 3 N–H and O–H groups in total. The number of phenolic OH excluding ortho intramolecular Hbond substituents is 1. The standard InChI is InChI=1S/C19H14ClN3O2/c1-12(24)22-16-7-3-13(4-8-16)2-5-14-11-21-23-19(14)17-10-15(20)6-9-18(17)25/h3-4,6-11,25H,1H3,(H,21,23)(H,22,24). The number of amides is 1. The SMILES string of the molecule is CC(=O)Nc1ccc(C#Cc2c[nH]nc2-c2cc(Cl)ccc2O)cc1. The fraction of sp³-hybridized carbons (Fsp3) is 0.0526. The van der Waals surface area contributed by atoms with Gasteiger partial charge < -0.3 is 10.4 Å². The molecule has 0 bridgehead atoms. The molecule has 0 atom stereocenters. The van der Waals surface area contributed by atoms with Gasteiger partial charge in [0.15, 0.2) is 0 Å². The summed E-state index contributed by atoms with van der Waals surface area (Å²) in [5.41, 5.74) is 3.19. The van der Waals surface area contributed by atoms with Crippen molar-refractivity contribution in [2.24, 2.45) is 0 Å². The minimum atomic E-state index is -0.122. The average Bonchev–Trinajstić information content (AvgIpc) is 3.04. The number of benzene rings is 2. The first-order valence-electron chi connectivity index (χ1n) is 7.45. The van der Waals surface area contributed by atoms with Crippen LogP contribution in [0.3, 0.4) is 0 Å². The predicted octanol–water partition coefficient (Wildman–Crippen LogP) is 3.79. The van der Waals surface area contributed by atoms with Gasteiger partial charge in [-0.3, -0.25) is 9.89 Å². The summed E-state index contributed by atoms with van der Waals surface area (Å²) in [4.78, 5) is 11.0. The van der Waals surface area contributed by atoms with Gasteiger partial charge in [0.1, 0.15) is 11.4 Å². The number of phenols is 1. The van der Waals surface area contributed by atoms with Crippen molar-refractivity contribution in [1.29, 1.82) is 0 Å². The highest BCUT2D eigenvalue weighted by Crippen LogP contribution is 2.32. The highest BCUT2D eigenvalue weighted by Gasteiger charge is 2.11. The molecule has 5 nitrogen and oxygen atoms in total. The number of aromatic nitrogens is 2. The molecule has 124 valence electrons. The minimum Gasteiger partial charge on any atom is -0.507 e. The number of aromatic hydroxyl groups is 1. The average molecular weight is 352 g/mol. The van der Waals surface area contributed by atoms with Crippen LogP contribution in [0.1, 0.15) is 18.1 Å². The van der Waals surface area contributed by atoms with Crippen molar-refractivity contribution in [2.75, 3.05) is 5.32 Å². The number of aromatic amines is 1. The molecule has 3 rings (SSSR count). The van der Waals surface area contributed by atoms with Gasteiger partial charge in [0.25, 0.3) is 0 Å². The molecular weight excluding hydrogens is 338 g/mol. The number of hydrogen-bond acceptors (Lipinski definition) is 3. The van der Waals surface area contributed by atoms with Crippen molar-refractivity contribution in [3.8, 4) is 28.8 Å². The highest BCUT2D eigenvalue weighted by atomic mass is 35.5. The lowest BCUT2D eigenvalue weighted by molar-refractivity contribution is -0.114. The Kier molecular flexibility index (Phi) is 4.73. The molecule has 6 heteroatoms. The largest absolute Gasteiger partial charge is 0.507 e. The fourth-order valence-corrected chi connectivity index (χ4v) is 2.44. The maximum absolute atomic E-state index is 11.0. The van der Waals surface area contributed by atoms with Gasteiger partial charge in [-0.2, -0.15) is 5.10 Å². The molecule has 1 aromatic heterocycles. The van der Waals surface area contributed by atoms with E-state index < -0.39 is 0 Å². The van der Waals surface area contributed by atoms with Crippen molar-refractivity contribution < 1.29 is 9.90 Å². The van der Waals surface area contributed by atoms with E-state index in [0.29, 0.717) is 27.5 Å². The Balaban J connectivity index is 1.88. The monoisotopic (exact) mass is 351 g/mol. The number of halogens is 1. The van der Waals surface area contributed by atoms with E-state index in [0.717, 1.165) is 5.56 Å². The molecule has 0 saturated carbocycles. The van der Waals surface area contributed by atoms with Crippen LogP contribution in [0.15, 0.2) is 48.7 Å². The molecule has 0 fully saturated rings. The van der Waals surface area contributed by atoms with Gasteiger partial charge in [-0.25, -0.2) is 0 Å². The molecule has 25 heavy (non-hydrogen) atoms. The van der Waals surface area contributed by atoms with Gasteiger partial charge in [-0.15, -0.1) is 0 Å². The quantitative estimate of drug-likeness (QED) is 0.614. The minimum absolute atomic E-state index is 0.0826. The van der Waals surface area contributed by atoms with E-state index in [1.54, 1.807) is 30.5 Å². The van der Waals surface area contributed by atoms with Crippen molar-refractivity contribution in [3.63, 3.8) is 0 Å². The van der Waals surface area contributed by atoms with Crippen LogP contribution < -0.4 is 5.32 Å². The number of nitrogens with zero attached hydrogens (tertiary/aromatic N) is 1. The van der Waals surface area contributed by atoms with Crippen LogP contribution in [0.5, 0.6) is 5.75 Å². The second-order valence-electron chi connectivity index (χ2n) is 5.32. The van der Waals surface area contributed by atoms with Crippen LogP contribution in [0.2, 0.25) is 5.02 Å². The molecule has 2 aromatic carbocycles. The van der Waals surface area contributed by atoms with Crippen molar-refractivity contribution >= 4 is 23.2 Å². The van der Waals surface area contributed by atoms with E-state index in [4.69, 9.17) is 11.6 Å². The lowest BCUT2D eigenvalue weighted by Gasteiger charge is -2.02. The highest BCUT2D eigenvalue weighted by molar-refractivity contribution is 6.31. The summed E-state index contributed by atoms with van der Waals surface area (Å²) in [7, 11) is 0. The first kappa shape index (κ1) is 16.6. The van der Waals surface area contributed by atoms with E-state index in [9.17, 15) is 9.90 Å². The van der Waals surface area contributed by atoms with Gasteiger partial charge in [0.05, 0.1) is 5.56 Å². The Labute approximate surface area is 149 Å². The third-order valence-electron chi connectivity index (χ3n) is 3.40. The number of anilines is 1. The number of rotatable bonds is 2. The summed E-state index contributed by atoms with van der Waals surface area (Å²) >= 11 is 5.99. The summed E-state index contributed by atoms with van der Waals surface area (Å²) in [6.45, 7) is 1.46. The van der Waals surface area contributed by atoms with Crippen molar-refractivity contribution in [2.45, 2.75) is 6.92 Å². The number of H-pyrrole nitrogens is 1. The molecule has 3 aromatic rings. The van der Waals surface area contributed by atoms with E-state index in [-0.39, 0.29) is 11.7 Å². The zero-order chi connectivity index (χ0) is 17.8. The Morgan fingerprint density at radius 1 is 1.20 bits per heavy atom. The fourth-order valence-electron chi connectivity index (χ4n) is 2.27. The van der Waals surface area contributed by atoms with Crippen LogP contribution in [0, 0.1) is 11.8 Å². The molecule has 0 aliphatic rings. The van der Waals surface area contributed by atoms with Gasteiger partial charge in [0.2, 0.25) is 5.91 Å². The molecule has 0 unspecified atom stereocenters. The van der Waals surface area contributed by atoms with Gasteiger partial charge in [0, 0.05) is 35.0 Å². The van der Waals surface area contributed by atoms with Crippen LogP contribution in [0.25, 0.3) is 11.3 Å². The predicted molar refractivity (Wildman–Crippen MR) is 97.4 cm³/mol. The van der Waals surface area contributed by atoms with Crippen LogP contribution in [-0.2, 0) is 4.79 Å². The summed E-state index contributed by atoms with van der Waals surface area (Å²) in [5, 5.41) is 20.1. The third-order valence-corrected chi connectivity index (χ3v) is 3.64. The van der Waals surface area contributed by atoms with Crippen LogP contribution in [-0.4, -0.2) is 21.2 Å². The lowest BCUT2D eigenvalue weighted by Crippen LogP contribution is -2.05. The second kappa shape index (κ2) is 7.12. The topological polar surface area (TPSA) is 78.0 Å². The zero-order valence-corrected chi connectivity index (χ0v) is 14.1. The summed E-state index contributed by atoms with van der Waals surface area (Å²) in [6.07, 6.45) is 1.66. The number of carbonyl (C=O) groups is 1. The third kappa shape index (κ3) is 4.00. The summed E-state index contributed by atoms with van der Waals surface area (Å²) in [6, 6.07) is 12.0. The Morgan fingerprint density at radius 3 is 2.68 bits per heavy atom. The van der Waals surface area contributed by atoms with Crippen molar-refractivity contribution in [3.05, 3.63) is 64.8 Å². The summed E-state index contributed by atoms with van der Waals surface area (Å²) in [5.74, 6) is 6.02. The first-order chi connectivity index (χ1) is 12.0. The molecule has 0 spiro atoms. The molecule has 0 saturated heterocycles. The Morgan fingerprint density at radius 2 is 1.96 bits per heavy atom. The molecule has 1 amide bonds. The summed E-state index contributed by atoms with van der Waals surface area (Å²) < 4.78 is 0. The van der Waals surface area contributed by atoms with E-state index in [1.807, 2.05) is 12.1 Å². The van der Waals surface area contributed by atoms with Gasteiger partial charge in [-0.1, -0.05) is 23.4 Å².